The van der Waals surface area contributed by atoms with Crippen LogP contribution in [0.2, 0.25) is 0 Å². The Morgan fingerprint density at radius 2 is 1.83 bits per heavy atom. The number of carbonyl (C=O) groups is 1. The Labute approximate surface area is 133 Å². The van der Waals surface area contributed by atoms with E-state index in [1.54, 1.807) is 24.3 Å². The summed E-state index contributed by atoms with van der Waals surface area (Å²) in [6.45, 7) is 1.36. The predicted molar refractivity (Wildman–Crippen MR) is 86.0 cm³/mol. The van der Waals surface area contributed by atoms with E-state index in [1.807, 2.05) is 6.07 Å². The first-order chi connectivity index (χ1) is 11.2. The Morgan fingerprint density at radius 1 is 1.13 bits per heavy atom. The zero-order valence-electron chi connectivity index (χ0n) is 12.2. The number of nitrogens with zero attached hydrogens (tertiary/aromatic N) is 2. The molecule has 0 bridgehead atoms. The van der Waals surface area contributed by atoms with Gasteiger partial charge in [-0.05, 0) is 17.7 Å². The minimum atomic E-state index is -0.602. The van der Waals surface area contributed by atoms with Gasteiger partial charge in [0.15, 0.2) is 5.96 Å². The van der Waals surface area contributed by atoms with Gasteiger partial charge in [-0.15, -0.1) is 0 Å². The number of guanidine groups is 1. The smallest absolute Gasteiger partial charge is 0.284 e. The molecule has 6 nitrogen and oxygen atoms in total. The summed E-state index contributed by atoms with van der Waals surface area (Å²) in [5.41, 5.74) is 1.40. The summed E-state index contributed by atoms with van der Waals surface area (Å²) in [5, 5.41) is 25.4. The summed E-state index contributed by atoms with van der Waals surface area (Å²) in [6.07, 6.45) is 0. The van der Waals surface area contributed by atoms with E-state index in [1.165, 1.54) is 12.1 Å². The lowest BCUT2D eigenvalue weighted by molar-refractivity contribution is 0.100. The van der Waals surface area contributed by atoms with Crippen molar-refractivity contribution in [2.24, 2.45) is 4.99 Å². The number of rotatable bonds is 2. The van der Waals surface area contributed by atoms with E-state index in [9.17, 15) is 15.2 Å². The van der Waals surface area contributed by atoms with Crippen molar-refractivity contribution < 1.29 is 9.90 Å². The number of nitrogens with one attached hydrogen (secondary N) is 2. The third-order valence-electron chi connectivity index (χ3n) is 3.50. The summed E-state index contributed by atoms with van der Waals surface area (Å²) in [5.74, 6) is -0.429. The number of aliphatic imine (C=N–C) groups is 1. The highest BCUT2D eigenvalue weighted by Gasteiger charge is 2.22. The largest absolute Gasteiger partial charge is 0.507 e. The van der Waals surface area contributed by atoms with Gasteiger partial charge in [0.25, 0.3) is 5.91 Å². The van der Waals surface area contributed by atoms with Gasteiger partial charge in [-0.25, -0.2) is 0 Å². The molecule has 0 aromatic heterocycles. The Balaban J connectivity index is 2.17. The van der Waals surface area contributed by atoms with Crippen LogP contribution in [0.25, 0.3) is 11.1 Å². The van der Waals surface area contributed by atoms with Gasteiger partial charge in [-0.2, -0.15) is 10.3 Å². The minimum Gasteiger partial charge on any atom is -0.507 e. The van der Waals surface area contributed by atoms with Crippen LogP contribution in [0.5, 0.6) is 5.75 Å². The lowest BCUT2D eigenvalue weighted by Gasteiger charge is -2.11. The summed E-state index contributed by atoms with van der Waals surface area (Å²) in [4.78, 5) is 16.5. The normalized spacial score (nSPS) is 12.9. The van der Waals surface area contributed by atoms with E-state index in [4.69, 9.17) is 0 Å². The van der Waals surface area contributed by atoms with Gasteiger partial charge < -0.3 is 15.7 Å². The Hall–Kier alpha value is -3.33. The van der Waals surface area contributed by atoms with Gasteiger partial charge in [0.05, 0.1) is 17.2 Å². The van der Waals surface area contributed by atoms with Crippen molar-refractivity contribution in [2.75, 3.05) is 13.1 Å². The molecule has 1 aliphatic rings. The Kier molecular flexibility index (Phi) is 3.93. The topological polar surface area (TPSA) is 97.5 Å². The number of phenolic OH excluding ortho intramolecular Hbond substituents is 1. The van der Waals surface area contributed by atoms with Gasteiger partial charge >= 0.3 is 0 Å². The van der Waals surface area contributed by atoms with Crippen molar-refractivity contribution in [3.05, 3.63) is 53.6 Å². The molecule has 0 unspecified atom stereocenters. The van der Waals surface area contributed by atoms with Crippen LogP contribution in [0, 0.1) is 11.3 Å². The number of nitriles is 1. The second-order valence-electron chi connectivity index (χ2n) is 4.98. The number of amides is 1. The van der Waals surface area contributed by atoms with E-state index in [0.29, 0.717) is 35.7 Å². The molecule has 0 radical (unpaired) electrons. The first-order valence-electron chi connectivity index (χ1n) is 7.13. The van der Waals surface area contributed by atoms with Gasteiger partial charge in [-0.1, -0.05) is 30.3 Å². The highest BCUT2D eigenvalue weighted by atomic mass is 16.3. The van der Waals surface area contributed by atoms with Crippen LogP contribution < -0.4 is 10.6 Å². The fourth-order valence-corrected chi connectivity index (χ4v) is 2.47. The molecule has 1 aliphatic heterocycles. The fraction of sp³-hybridized carbons (Fsp3) is 0.118. The third-order valence-corrected chi connectivity index (χ3v) is 3.50. The second-order valence-corrected chi connectivity index (χ2v) is 4.98. The van der Waals surface area contributed by atoms with E-state index >= 15 is 0 Å². The SMILES string of the molecule is N#Cc1ccc(O)c(C(=O)N=C2NCCN2)c1-c1ccccc1. The van der Waals surface area contributed by atoms with E-state index in [-0.39, 0.29) is 11.3 Å². The van der Waals surface area contributed by atoms with Gasteiger partial charge in [-0.3, -0.25) is 4.79 Å². The highest BCUT2D eigenvalue weighted by molar-refractivity contribution is 6.09. The molecule has 6 heteroatoms. The van der Waals surface area contributed by atoms with Crippen LogP contribution in [0.15, 0.2) is 47.5 Å². The summed E-state index contributed by atoms with van der Waals surface area (Å²) in [7, 11) is 0. The van der Waals surface area contributed by atoms with E-state index in [2.05, 4.69) is 21.7 Å². The summed E-state index contributed by atoms with van der Waals surface area (Å²) < 4.78 is 0. The van der Waals surface area contributed by atoms with Crippen molar-refractivity contribution in [3.8, 4) is 22.9 Å². The van der Waals surface area contributed by atoms with Crippen LogP contribution >= 0.6 is 0 Å². The van der Waals surface area contributed by atoms with Gasteiger partial charge in [0, 0.05) is 18.7 Å². The Morgan fingerprint density at radius 3 is 2.48 bits per heavy atom. The molecule has 0 spiro atoms. The lowest BCUT2D eigenvalue weighted by Crippen LogP contribution is -2.25. The predicted octanol–water partition coefficient (Wildman–Crippen LogP) is 1.62. The van der Waals surface area contributed by atoms with Crippen LogP contribution in [-0.2, 0) is 0 Å². The number of benzene rings is 2. The van der Waals surface area contributed by atoms with Crippen molar-refractivity contribution in [2.45, 2.75) is 0 Å². The monoisotopic (exact) mass is 306 g/mol. The average molecular weight is 306 g/mol. The number of hydrogen-bond acceptors (Lipinski definition) is 3. The number of phenols is 1. The molecule has 2 aromatic rings. The quantitative estimate of drug-likeness (QED) is 0.783. The van der Waals surface area contributed by atoms with Gasteiger partial charge in [0.2, 0.25) is 0 Å². The molecule has 3 N–H and O–H groups in total. The van der Waals surface area contributed by atoms with E-state index in [0.717, 1.165) is 0 Å². The molecule has 23 heavy (non-hydrogen) atoms. The number of hydrogen-bond donors (Lipinski definition) is 3. The van der Waals surface area contributed by atoms with Crippen LogP contribution in [0.1, 0.15) is 15.9 Å². The molecule has 1 amide bonds. The van der Waals surface area contributed by atoms with Crippen molar-refractivity contribution in [1.82, 2.24) is 10.6 Å². The zero-order chi connectivity index (χ0) is 16.2. The van der Waals surface area contributed by atoms with Gasteiger partial charge in [0.1, 0.15) is 5.75 Å². The van der Waals surface area contributed by atoms with Crippen molar-refractivity contribution >= 4 is 11.9 Å². The fourth-order valence-electron chi connectivity index (χ4n) is 2.47. The first-order valence-corrected chi connectivity index (χ1v) is 7.13. The summed E-state index contributed by atoms with van der Waals surface area (Å²) >= 11 is 0. The lowest BCUT2D eigenvalue weighted by atomic mass is 9.93. The molecule has 0 atom stereocenters. The molecular formula is C17H14N4O2. The summed E-state index contributed by atoms with van der Waals surface area (Å²) in [6, 6.07) is 13.9. The molecule has 114 valence electrons. The highest BCUT2D eigenvalue weighted by Crippen LogP contribution is 2.33. The average Bonchev–Trinajstić information content (AvgIpc) is 3.08. The first kappa shape index (κ1) is 14.6. The third kappa shape index (κ3) is 2.85. The maximum atomic E-state index is 12.5. The minimum absolute atomic E-state index is 0.0262. The van der Waals surface area contributed by atoms with Crippen LogP contribution in [0.3, 0.4) is 0 Å². The van der Waals surface area contributed by atoms with Crippen LogP contribution in [0.4, 0.5) is 0 Å². The molecule has 3 rings (SSSR count). The molecule has 1 saturated heterocycles. The molecule has 2 aromatic carbocycles. The Bertz CT molecular complexity index is 814. The van der Waals surface area contributed by atoms with Crippen molar-refractivity contribution in [3.63, 3.8) is 0 Å². The van der Waals surface area contributed by atoms with Crippen molar-refractivity contribution in [1.29, 1.82) is 5.26 Å². The molecule has 0 aliphatic carbocycles. The second kappa shape index (κ2) is 6.20. The van der Waals surface area contributed by atoms with E-state index < -0.39 is 5.91 Å². The standard InChI is InChI=1S/C17H14N4O2/c18-10-12-6-7-13(22)15(14(12)11-4-2-1-3-5-11)16(23)21-17-19-8-9-20-17/h1-7,22H,8-9H2,(H2,19,20,21,23). The number of carbonyl (C=O) groups excluding carboxylic acids is 1. The number of aromatic hydroxyl groups is 1. The molecule has 0 saturated carbocycles. The molecule has 1 fully saturated rings. The maximum absolute atomic E-state index is 12.5. The van der Waals surface area contributed by atoms with Crippen LogP contribution in [-0.4, -0.2) is 30.1 Å². The zero-order valence-corrected chi connectivity index (χ0v) is 12.2. The molecular weight excluding hydrogens is 292 g/mol. The molecule has 1 heterocycles. The maximum Gasteiger partial charge on any atom is 0.284 e.